The Labute approximate surface area is 91.5 Å². The van der Waals surface area contributed by atoms with Crippen molar-refractivity contribution in [2.45, 2.75) is 67.2 Å². The Kier molecular flexibility index (Phi) is 7.31. The second-order valence-corrected chi connectivity index (χ2v) is 5.67. The van der Waals surface area contributed by atoms with Gasteiger partial charge in [-0.2, -0.15) is 0 Å². The first-order chi connectivity index (χ1) is 6.47. The lowest BCUT2D eigenvalue weighted by Gasteiger charge is -2.22. The van der Waals surface area contributed by atoms with Crippen LogP contribution in [0.15, 0.2) is 0 Å². The molecule has 0 aromatic carbocycles. The van der Waals surface area contributed by atoms with Crippen LogP contribution in [0.5, 0.6) is 0 Å². The van der Waals surface area contributed by atoms with E-state index in [0.29, 0.717) is 0 Å². The summed E-state index contributed by atoms with van der Waals surface area (Å²) < 4.78 is 0. The molecule has 86 valence electrons. The normalized spacial score (nSPS) is 18.2. The van der Waals surface area contributed by atoms with Crippen molar-refractivity contribution in [2.75, 3.05) is 0 Å². The molecule has 0 nitrogen and oxygen atoms in total. The van der Waals surface area contributed by atoms with Crippen LogP contribution in [0.4, 0.5) is 0 Å². The topological polar surface area (TPSA) is 0 Å². The van der Waals surface area contributed by atoms with Crippen LogP contribution in [-0.2, 0) is 0 Å². The SMILES string of the molecule is CCC(C)CCC(C)C(C)CC(C)C. The molecule has 0 heteroatoms. The molecule has 0 fully saturated rings. The third-order valence-corrected chi connectivity index (χ3v) is 3.63. The first-order valence-electron chi connectivity index (χ1n) is 6.47. The molecule has 0 spiro atoms. The summed E-state index contributed by atoms with van der Waals surface area (Å²) >= 11 is 0. The molecule has 0 amide bonds. The average Bonchev–Trinajstić information content (AvgIpc) is 2.12. The molecule has 14 heavy (non-hydrogen) atoms. The monoisotopic (exact) mass is 198 g/mol. The summed E-state index contributed by atoms with van der Waals surface area (Å²) in [5.74, 6) is 3.59. The summed E-state index contributed by atoms with van der Waals surface area (Å²) in [6, 6.07) is 0. The van der Waals surface area contributed by atoms with Gasteiger partial charge in [0.05, 0.1) is 0 Å². The number of hydrogen-bond acceptors (Lipinski definition) is 0. The Bertz CT molecular complexity index is 126. The first kappa shape index (κ1) is 14.0. The van der Waals surface area contributed by atoms with E-state index >= 15 is 0 Å². The highest BCUT2D eigenvalue weighted by Crippen LogP contribution is 2.25. The minimum absolute atomic E-state index is 0.857. The maximum atomic E-state index is 2.43. The molecule has 0 saturated heterocycles. The fourth-order valence-corrected chi connectivity index (χ4v) is 2.01. The van der Waals surface area contributed by atoms with Gasteiger partial charge in [-0.05, 0) is 30.1 Å². The van der Waals surface area contributed by atoms with E-state index in [0.717, 1.165) is 23.7 Å². The number of rotatable bonds is 7. The van der Waals surface area contributed by atoms with Crippen LogP contribution in [0.3, 0.4) is 0 Å². The van der Waals surface area contributed by atoms with E-state index in [4.69, 9.17) is 0 Å². The highest BCUT2D eigenvalue weighted by Gasteiger charge is 2.14. The van der Waals surface area contributed by atoms with Crippen molar-refractivity contribution in [3.63, 3.8) is 0 Å². The summed E-state index contributed by atoms with van der Waals surface area (Å²) in [4.78, 5) is 0. The van der Waals surface area contributed by atoms with Crippen molar-refractivity contribution in [3.8, 4) is 0 Å². The molecule has 0 rings (SSSR count). The van der Waals surface area contributed by atoms with Gasteiger partial charge >= 0.3 is 0 Å². The van der Waals surface area contributed by atoms with Gasteiger partial charge in [0.2, 0.25) is 0 Å². The maximum absolute atomic E-state index is 2.43. The number of hydrogen-bond donors (Lipinski definition) is 0. The summed E-state index contributed by atoms with van der Waals surface area (Å²) in [7, 11) is 0. The van der Waals surface area contributed by atoms with Gasteiger partial charge in [0, 0.05) is 0 Å². The summed E-state index contributed by atoms with van der Waals surface area (Å²) in [6.07, 6.45) is 5.57. The van der Waals surface area contributed by atoms with Crippen LogP contribution in [0.25, 0.3) is 0 Å². The van der Waals surface area contributed by atoms with Gasteiger partial charge < -0.3 is 0 Å². The molecule has 0 N–H and O–H groups in total. The smallest absolute Gasteiger partial charge is 0.0415 e. The minimum atomic E-state index is 0.857. The van der Waals surface area contributed by atoms with Crippen molar-refractivity contribution in [1.82, 2.24) is 0 Å². The maximum Gasteiger partial charge on any atom is -0.0415 e. The van der Waals surface area contributed by atoms with Gasteiger partial charge in [0.1, 0.15) is 0 Å². The van der Waals surface area contributed by atoms with Gasteiger partial charge in [0.15, 0.2) is 0 Å². The van der Waals surface area contributed by atoms with Crippen LogP contribution in [0.2, 0.25) is 0 Å². The Morgan fingerprint density at radius 1 is 0.786 bits per heavy atom. The highest BCUT2D eigenvalue weighted by molar-refractivity contribution is 4.65. The quantitative estimate of drug-likeness (QED) is 0.532. The highest BCUT2D eigenvalue weighted by atomic mass is 14.2. The molecule has 0 aliphatic carbocycles. The Balaban J connectivity index is 3.66. The van der Waals surface area contributed by atoms with Crippen molar-refractivity contribution in [3.05, 3.63) is 0 Å². The standard InChI is InChI=1S/C14H30/c1-7-12(4)8-9-13(5)14(6)10-11(2)3/h11-14H,7-10H2,1-6H3. The third-order valence-electron chi connectivity index (χ3n) is 3.63. The molecule has 3 atom stereocenters. The zero-order valence-corrected chi connectivity index (χ0v) is 11.1. The predicted octanol–water partition coefficient (Wildman–Crippen LogP) is 5.13. The molecule has 0 aliphatic rings. The molecule has 0 aromatic rings. The Morgan fingerprint density at radius 3 is 1.79 bits per heavy atom. The fraction of sp³-hybridized carbons (Fsp3) is 1.00. The minimum Gasteiger partial charge on any atom is -0.0651 e. The second kappa shape index (κ2) is 7.31. The van der Waals surface area contributed by atoms with E-state index in [-0.39, 0.29) is 0 Å². The molecule has 0 aromatic heterocycles. The van der Waals surface area contributed by atoms with Crippen molar-refractivity contribution >= 4 is 0 Å². The molecule has 0 aliphatic heterocycles. The van der Waals surface area contributed by atoms with Crippen LogP contribution >= 0.6 is 0 Å². The summed E-state index contributed by atoms with van der Waals surface area (Å²) in [5.41, 5.74) is 0. The fourth-order valence-electron chi connectivity index (χ4n) is 2.01. The lowest BCUT2D eigenvalue weighted by molar-refractivity contribution is 0.288. The van der Waals surface area contributed by atoms with Gasteiger partial charge in [-0.1, -0.05) is 60.8 Å². The predicted molar refractivity (Wildman–Crippen MR) is 66.5 cm³/mol. The lowest BCUT2D eigenvalue weighted by Crippen LogP contribution is -2.11. The van der Waals surface area contributed by atoms with Crippen LogP contribution < -0.4 is 0 Å². The van der Waals surface area contributed by atoms with Gasteiger partial charge in [-0.25, -0.2) is 0 Å². The van der Waals surface area contributed by atoms with E-state index in [1.54, 1.807) is 0 Å². The largest absolute Gasteiger partial charge is 0.0651 e. The molecule has 3 unspecified atom stereocenters. The molecule has 0 saturated carbocycles. The van der Waals surface area contributed by atoms with Crippen molar-refractivity contribution in [2.24, 2.45) is 23.7 Å². The molecular formula is C14H30. The van der Waals surface area contributed by atoms with E-state index in [2.05, 4.69) is 41.5 Å². The molecule has 0 radical (unpaired) electrons. The van der Waals surface area contributed by atoms with E-state index < -0.39 is 0 Å². The zero-order valence-electron chi connectivity index (χ0n) is 11.1. The summed E-state index contributed by atoms with van der Waals surface area (Å²) in [6.45, 7) is 14.2. The van der Waals surface area contributed by atoms with Gasteiger partial charge in [-0.15, -0.1) is 0 Å². The summed E-state index contributed by atoms with van der Waals surface area (Å²) in [5, 5.41) is 0. The Morgan fingerprint density at radius 2 is 1.36 bits per heavy atom. The van der Waals surface area contributed by atoms with Gasteiger partial charge in [-0.3, -0.25) is 0 Å². The van der Waals surface area contributed by atoms with E-state index in [9.17, 15) is 0 Å². The van der Waals surface area contributed by atoms with Crippen molar-refractivity contribution in [1.29, 1.82) is 0 Å². The average molecular weight is 198 g/mol. The zero-order chi connectivity index (χ0) is 11.1. The third kappa shape index (κ3) is 6.45. The van der Waals surface area contributed by atoms with E-state index in [1.807, 2.05) is 0 Å². The van der Waals surface area contributed by atoms with Crippen LogP contribution in [0, 0.1) is 23.7 Å². The lowest BCUT2D eigenvalue weighted by atomic mass is 9.84. The van der Waals surface area contributed by atoms with Crippen molar-refractivity contribution < 1.29 is 0 Å². The van der Waals surface area contributed by atoms with Crippen LogP contribution in [0.1, 0.15) is 67.2 Å². The second-order valence-electron chi connectivity index (χ2n) is 5.67. The van der Waals surface area contributed by atoms with Crippen LogP contribution in [-0.4, -0.2) is 0 Å². The molecular weight excluding hydrogens is 168 g/mol. The molecule has 0 heterocycles. The molecule has 0 bridgehead atoms. The van der Waals surface area contributed by atoms with Gasteiger partial charge in [0.25, 0.3) is 0 Å². The Hall–Kier alpha value is 0. The van der Waals surface area contributed by atoms with E-state index in [1.165, 1.54) is 25.7 Å². The first-order valence-corrected chi connectivity index (χ1v) is 6.47.